The predicted octanol–water partition coefficient (Wildman–Crippen LogP) is 2.54. The third-order valence-corrected chi connectivity index (χ3v) is 4.57. The molecular formula is C16H24N2O. The highest BCUT2D eigenvalue weighted by atomic mass is 16.5. The molecule has 1 aliphatic carbocycles. The third kappa shape index (κ3) is 2.44. The molecule has 0 spiro atoms. The second kappa shape index (κ2) is 4.71. The first-order valence-electron chi connectivity index (χ1n) is 7.29. The normalized spacial score (nSPS) is 25.2. The average Bonchev–Trinajstić information content (AvgIpc) is 3.17. The molecule has 1 heterocycles. The van der Waals surface area contributed by atoms with E-state index in [2.05, 4.69) is 42.3 Å². The van der Waals surface area contributed by atoms with Crippen molar-refractivity contribution in [1.82, 2.24) is 5.32 Å². The molecule has 1 aromatic rings. The molecule has 3 heteroatoms. The lowest BCUT2D eigenvalue weighted by molar-refractivity contribution is 0.405. The number of ether oxygens (including phenoxy) is 1. The first kappa shape index (κ1) is 12.8. The number of piperazine rings is 1. The molecule has 1 atom stereocenters. The number of anilines is 1. The van der Waals surface area contributed by atoms with Crippen molar-refractivity contribution in [3.8, 4) is 5.75 Å². The van der Waals surface area contributed by atoms with E-state index in [9.17, 15) is 0 Å². The maximum Gasteiger partial charge on any atom is 0.124 e. The monoisotopic (exact) mass is 260 g/mol. The van der Waals surface area contributed by atoms with Crippen LogP contribution in [0, 0.1) is 0 Å². The zero-order valence-corrected chi connectivity index (χ0v) is 12.2. The van der Waals surface area contributed by atoms with Crippen molar-refractivity contribution in [3.05, 3.63) is 23.8 Å². The van der Waals surface area contributed by atoms with Crippen LogP contribution < -0.4 is 15.0 Å². The van der Waals surface area contributed by atoms with Crippen molar-refractivity contribution < 1.29 is 4.74 Å². The van der Waals surface area contributed by atoms with Crippen molar-refractivity contribution in [2.75, 3.05) is 31.6 Å². The Bertz CT molecular complexity index is 468. The van der Waals surface area contributed by atoms with Gasteiger partial charge >= 0.3 is 0 Å². The molecule has 1 saturated carbocycles. The fourth-order valence-electron chi connectivity index (χ4n) is 3.00. The van der Waals surface area contributed by atoms with Gasteiger partial charge in [0.05, 0.1) is 7.11 Å². The molecule has 19 heavy (non-hydrogen) atoms. The number of rotatable bonds is 3. The summed E-state index contributed by atoms with van der Waals surface area (Å²) < 4.78 is 5.63. The number of methoxy groups -OCH3 is 1. The van der Waals surface area contributed by atoms with Crippen molar-refractivity contribution in [2.24, 2.45) is 0 Å². The van der Waals surface area contributed by atoms with E-state index in [0.29, 0.717) is 11.5 Å². The smallest absolute Gasteiger partial charge is 0.124 e. The molecule has 1 aliphatic heterocycles. The van der Waals surface area contributed by atoms with Gasteiger partial charge in [-0.2, -0.15) is 0 Å². The van der Waals surface area contributed by atoms with Crippen molar-refractivity contribution in [1.29, 1.82) is 0 Å². The average molecular weight is 260 g/mol. The summed E-state index contributed by atoms with van der Waals surface area (Å²) in [5.74, 6) is 1.06. The summed E-state index contributed by atoms with van der Waals surface area (Å²) in [6.07, 6.45) is 2.57. The van der Waals surface area contributed by atoms with Crippen LogP contribution in [-0.4, -0.2) is 32.8 Å². The Hall–Kier alpha value is -1.22. The second-order valence-corrected chi connectivity index (χ2v) is 6.25. The summed E-state index contributed by atoms with van der Waals surface area (Å²) in [6, 6.07) is 7.31. The van der Waals surface area contributed by atoms with E-state index >= 15 is 0 Å². The van der Waals surface area contributed by atoms with E-state index in [4.69, 9.17) is 4.74 Å². The first-order valence-corrected chi connectivity index (χ1v) is 7.29. The quantitative estimate of drug-likeness (QED) is 0.904. The fourth-order valence-corrected chi connectivity index (χ4v) is 3.00. The Morgan fingerprint density at radius 3 is 2.79 bits per heavy atom. The molecular weight excluding hydrogens is 236 g/mol. The van der Waals surface area contributed by atoms with E-state index in [1.54, 1.807) is 7.11 Å². The van der Waals surface area contributed by atoms with E-state index in [1.807, 2.05) is 0 Å². The molecule has 0 radical (unpaired) electrons. The molecule has 3 nitrogen and oxygen atoms in total. The Morgan fingerprint density at radius 1 is 1.37 bits per heavy atom. The Kier molecular flexibility index (Phi) is 3.17. The minimum atomic E-state index is 0.362. The van der Waals surface area contributed by atoms with Crippen LogP contribution in [0.25, 0.3) is 0 Å². The molecule has 2 fully saturated rings. The van der Waals surface area contributed by atoms with Crippen molar-refractivity contribution in [2.45, 2.75) is 38.1 Å². The standard InChI is InChI=1S/C16H24N2O/c1-12-11-18(9-8-17-12)13-4-5-14(15(10-13)19-3)16(2)6-7-16/h4-5,10,12,17H,6-9,11H2,1-3H3/t12-/m1/s1. The van der Waals surface area contributed by atoms with Gasteiger partial charge < -0.3 is 15.0 Å². The van der Waals surface area contributed by atoms with Crippen LogP contribution in [0.1, 0.15) is 32.3 Å². The number of nitrogens with zero attached hydrogens (tertiary/aromatic N) is 1. The van der Waals surface area contributed by atoms with Gasteiger partial charge in [-0.05, 0) is 31.2 Å². The molecule has 1 N–H and O–H groups in total. The van der Waals surface area contributed by atoms with Gasteiger partial charge in [-0.3, -0.25) is 0 Å². The summed E-state index contributed by atoms with van der Waals surface area (Å²) in [6.45, 7) is 7.77. The first-order chi connectivity index (χ1) is 9.12. The molecule has 3 rings (SSSR count). The maximum atomic E-state index is 5.63. The van der Waals surface area contributed by atoms with Gasteiger partial charge in [0.1, 0.15) is 5.75 Å². The zero-order chi connectivity index (χ0) is 13.5. The lowest BCUT2D eigenvalue weighted by Gasteiger charge is -2.34. The number of benzene rings is 1. The van der Waals surface area contributed by atoms with Gasteiger partial charge in [-0.15, -0.1) is 0 Å². The zero-order valence-electron chi connectivity index (χ0n) is 12.2. The van der Waals surface area contributed by atoms with Crippen LogP contribution in [0.15, 0.2) is 18.2 Å². The molecule has 104 valence electrons. The lowest BCUT2D eigenvalue weighted by Crippen LogP contribution is -2.49. The van der Waals surface area contributed by atoms with E-state index in [-0.39, 0.29) is 0 Å². The maximum absolute atomic E-state index is 5.63. The van der Waals surface area contributed by atoms with Crippen LogP contribution in [0.2, 0.25) is 0 Å². The summed E-state index contributed by atoms with van der Waals surface area (Å²) in [4.78, 5) is 2.45. The van der Waals surface area contributed by atoms with Gasteiger partial charge in [-0.25, -0.2) is 0 Å². The van der Waals surface area contributed by atoms with Gasteiger partial charge in [0.25, 0.3) is 0 Å². The topological polar surface area (TPSA) is 24.5 Å². The van der Waals surface area contributed by atoms with Gasteiger partial charge in [0.2, 0.25) is 0 Å². The van der Waals surface area contributed by atoms with Crippen molar-refractivity contribution in [3.63, 3.8) is 0 Å². The van der Waals surface area contributed by atoms with Gasteiger partial charge in [0, 0.05) is 43.0 Å². The van der Waals surface area contributed by atoms with Crippen molar-refractivity contribution >= 4 is 5.69 Å². The van der Waals surface area contributed by atoms with Crippen LogP contribution in [0.5, 0.6) is 5.75 Å². The summed E-state index contributed by atoms with van der Waals surface area (Å²) in [7, 11) is 1.79. The second-order valence-electron chi connectivity index (χ2n) is 6.25. The number of hydrogen-bond donors (Lipinski definition) is 1. The van der Waals surface area contributed by atoms with Crippen LogP contribution in [0.3, 0.4) is 0 Å². The molecule has 0 bridgehead atoms. The highest BCUT2D eigenvalue weighted by molar-refractivity contribution is 5.57. The van der Waals surface area contributed by atoms with Crippen LogP contribution in [0.4, 0.5) is 5.69 Å². The molecule has 0 aromatic heterocycles. The predicted molar refractivity (Wildman–Crippen MR) is 79.3 cm³/mol. The lowest BCUT2D eigenvalue weighted by atomic mass is 9.96. The highest BCUT2D eigenvalue weighted by Crippen LogP contribution is 2.51. The minimum Gasteiger partial charge on any atom is -0.496 e. The Morgan fingerprint density at radius 2 is 2.16 bits per heavy atom. The van der Waals surface area contributed by atoms with E-state index in [0.717, 1.165) is 25.4 Å². The Labute approximate surface area is 115 Å². The molecule has 2 aliphatic rings. The van der Waals surface area contributed by atoms with Crippen LogP contribution >= 0.6 is 0 Å². The highest BCUT2D eigenvalue weighted by Gasteiger charge is 2.41. The van der Waals surface area contributed by atoms with E-state index < -0.39 is 0 Å². The molecule has 0 amide bonds. The van der Waals surface area contributed by atoms with E-state index in [1.165, 1.54) is 24.1 Å². The van der Waals surface area contributed by atoms with Gasteiger partial charge in [0.15, 0.2) is 0 Å². The summed E-state index contributed by atoms with van der Waals surface area (Å²) in [5.41, 5.74) is 3.03. The van der Waals surface area contributed by atoms with Gasteiger partial charge in [-0.1, -0.05) is 13.0 Å². The largest absolute Gasteiger partial charge is 0.496 e. The SMILES string of the molecule is COc1cc(N2CCN[C@H](C)C2)ccc1C1(C)CC1. The number of hydrogen-bond acceptors (Lipinski definition) is 3. The molecule has 1 aromatic carbocycles. The summed E-state index contributed by atoms with van der Waals surface area (Å²) in [5, 5.41) is 3.48. The fraction of sp³-hybridized carbons (Fsp3) is 0.625. The van der Waals surface area contributed by atoms with Crippen LogP contribution in [-0.2, 0) is 5.41 Å². The summed E-state index contributed by atoms with van der Waals surface area (Å²) >= 11 is 0. The number of nitrogens with one attached hydrogen (secondary N) is 1. The molecule has 1 saturated heterocycles. The minimum absolute atomic E-state index is 0.362. The molecule has 0 unspecified atom stereocenters. The third-order valence-electron chi connectivity index (χ3n) is 4.57. The Balaban J connectivity index is 1.87.